The normalized spacial score (nSPS) is 12.2. The van der Waals surface area contributed by atoms with Crippen LogP contribution in [0.4, 0.5) is 10.1 Å². The summed E-state index contributed by atoms with van der Waals surface area (Å²) in [6.45, 7) is 2.46. The number of nitrogens with zero attached hydrogens (tertiary/aromatic N) is 1. The highest BCUT2D eigenvalue weighted by Crippen LogP contribution is 2.20. The van der Waals surface area contributed by atoms with Crippen LogP contribution < -0.4 is 4.90 Å². The molecular formula is C12H16FNO2. The highest BCUT2D eigenvalue weighted by atomic mass is 19.1. The first-order chi connectivity index (χ1) is 7.60. The zero-order chi connectivity index (χ0) is 12.1. The van der Waals surface area contributed by atoms with E-state index < -0.39 is 5.82 Å². The highest BCUT2D eigenvalue weighted by molar-refractivity contribution is 5.76. The fourth-order valence-corrected chi connectivity index (χ4v) is 1.47. The zero-order valence-electron chi connectivity index (χ0n) is 9.74. The quantitative estimate of drug-likeness (QED) is 0.719. The molecule has 0 aromatic heterocycles. The molecule has 88 valence electrons. The van der Waals surface area contributed by atoms with Crippen molar-refractivity contribution >= 4 is 12.0 Å². The van der Waals surface area contributed by atoms with E-state index in [0.717, 1.165) is 0 Å². The van der Waals surface area contributed by atoms with Crippen molar-refractivity contribution in [2.24, 2.45) is 0 Å². The number of likely N-dealkylation sites (N-methyl/N-ethyl adjacent to an activating group) is 1. The third-order valence-electron chi connectivity index (χ3n) is 2.56. The fraction of sp³-hybridized carbons (Fsp3) is 0.417. The van der Waals surface area contributed by atoms with Crippen LogP contribution in [0, 0.1) is 5.82 Å². The third kappa shape index (κ3) is 2.79. The first kappa shape index (κ1) is 12.6. The zero-order valence-corrected chi connectivity index (χ0v) is 9.74. The SMILES string of the molecule is COCC(C)N(C)c1ccc(C=O)cc1F. The molecule has 0 fully saturated rings. The van der Waals surface area contributed by atoms with Gasteiger partial charge >= 0.3 is 0 Å². The molecule has 0 spiro atoms. The van der Waals surface area contributed by atoms with Crippen molar-refractivity contribution in [3.63, 3.8) is 0 Å². The van der Waals surface area contributed by atoms with E-state index in [1.54, 1.807) is 31.2 Å². The van der Waals surface area contributed by atoms with E-state index in [9.17, 15) is 9.18 Å². The lowest BCUT2D eigenvalue weighted by Crippen LogP contribution is -2.33. The van der Waals surface area contributed by atoms with Gasteiger partial charge in [-0.05, 0) is 25.1 Å². The van der Waals surface area contributed by atoms with Crippen molar-refractivity contribution < 1.29 is 13.9 Å². The second kappa shape index (κ2) is 5.61. The Balaban J connectivity index is 2.91. The number of hydrogen-bond donors (Lipinski definition) is 0. The van der Waals surface area contributed by atoms with Crippen LogP contribution in [0.1, 0.15) is 17.3 Å². The minimum absolute atomic E-state index is 0.0709. The Bertz CT molecular complexity index is 368. The highest BCUT2D eigenvalue weighted by Gasteiger charge is 2.13. The van der Waals surface area contributed by atoms with E-state index >= 15 is 0 Å². The molecule has 0 saturated heterocycles. The van der Waals surface area contributed by atoms with Crippen LogP contribution in [-0.2, 0) is 4.74 Å². The molecular weight excluding hydrogens is 209 g/mol. The van der Waals surface area contributed by atoms with Gasteiger partial charge in [-0.3, -0.25) is 4.79 Å². The first-order valence-corrected chi connectivity index (χ1v) is 5.06. The molecule has 1 unspecified atom stereocenters. The van der Waals surface area contributed by atoms with Gasteiger partial charge in [0.1, 0.15) is 12.1 Å². The van der Waals surface area contributed by atoms with E-state index in [4.69, 9.17) is 4.74 Å². The van der Waals surface area contributed by atoms with Crippen LogP contribution in [-0.4, -0.2) is 33.1 Å². The molecule has 0 amide bonds. The smallest absolute Gasteiger partial charge is 0.150 e. The molecule has 0 bridgehead atoms. The Labute approximate surface area is 94.8 Å². The molecule has 0 saturated carbocycles. The summed E-state index contributed by atoms with van der Waals surface area (Å²) in [7, 11) is 3.40. The second-order valence-electron chi connectivity index (χ2n) is 3.74. The Morgan fingerprint density at radius 3 is 2.75 bits per heavy atom. The topological polar surface area (TPSA) is 29.5 Å². The number of anilines is 1. The predicted octanol–water partition coefficient (Wildman–Crippen LogP) is 2.11. The maximum absolute atomic E-state index is 13.6. The summed E-state index contributed by atoms with van der Waals surface area (Å²) < 4.78 is 18.7. The number of carbonyl (C=O) groups excluding carboxylic acids is 1. The molecule has 1 aromatic rings. The second-order valence-corrected chi connectivity index (χ2v) is 3.74. The van der Waals surface area contributed by atoms with Gasteiger partial charge in [-0.15, -0.1) is 0 Å². The molecule has 1 rings (SSSR count). The van der Waals surface area contributed by atoms with Gasteiger partial charge in [0.2, 0.25) is 0 Å². The molecule has 4 heteroatoms. The molecule has 0 N–H and O–H groups in total. The van der Waals surface area contributed by atoms with Crippen LogP contribution in [0.3, 0.4) is 0 Å². The van der Waals surface area contributed by atoms with Gasteiger partial charge in [0, 0.05) is 25.8 Å². The number of rotatable bonds is 5. The summed E-state index contributed by atoms with van der Waals surface area (Å²) in [6, 6.07) is 4.51. The molecule has 0 radical (unpaired) electrons. The average molecular weight is 225 g/mol. The minimum Gasteiger partial charge on any atom is -0.383 e. The number of ether oxygens (including phenoxy) is 1. The van der Waals surface area contributed by atoms with E-state index in [-0.39, 0.29) is 6.04 Å². The molecule has 0 aliphatic carbocycles. The van der Waals surface area contributed by atoms with Crippen molar-refractivity contribution in [2.75, 3.05) is 25.7 Å². The summed E-state index contributed by atoms with van der Waals surface area (Å²) >= 11 is 0. The van der Waals surface area contributed by atoms with E-state index in [0.29, 0.717) is 24.1 Å². The molecule has 0 aliphatic rings. The minimum atomic E-state index is -0.393. The predicted molar refractivity (Wildman–Crippen MR) is 61.5 cm³/mol. The monoisotopic (exact) mass is 225 g/mol. The standard InChI is InChI=1S/C12H16FNO2/c1-9(8-16-3)14(2)12-5-4-10(7-15)6-11(12)13/h4-7,9H,8H2,1-3H3. The van der Waals surface area contributed by atoms with Crippen molar-refractivity contribution in [3.05, 3.63) is 29.6 Å². The number of benzene rings is 1. The van der Waals surface area contributed by atoms with E-state index in [2.05, 4.69) is 0 Å². The number of methoxy groups -OCH3 is 1. The Morgan fingerprint density at radius 2 is 2.25 bits per heavy atom. The Kier molecular flexibility index (Phi) is 4.43. The first-order valence-electron chi connectivity index (χ1n) is 5.06. The molecule has 0 aliphatic heterocycles. The Hall–Kier alpha value is -1.42. The number of halogens is 1. The lowest BCUT2D eigenvalue weighted by molar-refractivity contribution is 0.112. The van der Waals surface area contributed by atoms with Gasteiger partial charge in [-0.2, -0.15) is 0 Å². The van der Waals surface area contributed by atoms with Crippen LogP contribution >= 0.6 is 0 Å². The largest absolute Gasteiger partial charge is 0.383 e. The number of hydrogen-bond acceptors (Lipinski definition) is 3. The van der Waals surface area contributed by atoms with Crippen LogP contribution in [0.2, 0.25) is 0 Å². The van der Waals surface area contributed by atoms with Crippen molar-refractivity contribution in [2.45, 2.75) is 13.0 Å². The molecule has 1 aromatic carbocycles. The maximum atomic E-state index is 13.6. The van der Waals surface area contributed by atoms with Crippen LogP contribution in [0.25, 0.3) is 0 Å². The van der Waals surface area contributed by atoms with Crippen LogP contribution in [0.15, 0.2) is 18.2 Å². The molecule has 1 atom stereocenters. The summed E-state index contributed by atoms with van der Waals surface area (Å²) in [6.07, 6.45) is 0.630. The summed E-state index contributed by atoms with van der Waals surface area (Å²) in [5.74, 6) is -0.393. The summed E-state index contributed by atoms with van der Waals surface area (Å²) in [4.78, 5) is 12.3. The van der Waals surface area contributed by atoms with Crippen LogP contribution in [0.5, 0.6) is 0 Å². The van der Waals surface area contributed by atoms with Crippen molar-refractivity contribution in [1.82, 2.24) is 0 Å². The fourth-order valence-electron chi connectivity index (χ4n) is 1.47. The van der Waals surface area contributed by atoms with E-state index in [1.165, 1.54) is 6.07 Å². The van der Waals surface area contributed by atoms with E-state index in [1.807, 2.05) is 6.92 Å². The van der Waals surface area contributed by atoms with Gasteiger partial charge in [0.05, 0.1) is 12.3 Å². The van der Waals surface area contributed by atoms with Crippen molar-refractivity contribution in [1.29, 1.82) is 0 Å². The maximum Gasteiger partial charge on any atom is 0.150 e. The number of carbonyl (C=O) groups is 1. The lowest BCUT2D eigenvalue weighted by atomic mass is 10.2. The number of aldehydes is 1. The Morgan fingerprint density at radius 1 is 1.56 bits per heavy atom. The van der Waals surface area contributed by atoms with Crippen molar-refractivity contribution in [3.8, 4) is 0 Å². The average Bonchev–Trinajstić information content (AvgIpc) is 2.28. The van der Waals surface area contributed by atoms with Gasteiger partial charge in [0.15, 0.2) is 0 Å². The lowest BCUT2D eigenvalue weighted by Gasteiger charge is -2.26. The van der Waals surface area contributed by atoms with Gasteiger partial charge in [-0.1, -0.05) is 0 Å². The van der Waals surface area contributed by atoms with Gasteiger partial charge in [-0.25, -0.2) is 4.39 Å². The summed E-state index contributed by atoms with van der Waals surface area (Å²) in [5.41, 5.74) is 0.809. The molecule has 0 heterocycles. The third-order valence-corrected chi connectivity index (χ3v) is 2.56. The summed E-state index contributed by atoms with van der Waals surface area (Å²) in [5, 5.41) is 0. The van der Waals surface area contributed by atoms with Gasteiger partial charge in [0.25, 0.3) is 0 Å². The molecule has 3 nitrogen and oxygen atoms in total. The van der Waals surface area contributed by atoms with Gasteiger partial charge < -0.3 is 9.64 Å². The molecule has 16 heavy (non-hydrogen) atoms.